The van der Waals surface area contributed by atoms with Crippen LogP contribution in [-0.2, 0) is 14.3 Å². The molecule has 5 aliphatic heterocycles. The number of ether oxygens (including phenoxy) is 1. The van der Waals surface area contributed by atoms with E-state index in [9.17, 15) is 24.0 Å². The predicted octanol–water partition coefficient (Wildman–Crippen LogP) is 4.13. The fourth-order valence-corrected chi connectivity index (χ4v) is 9.76. The van der Waals surface area contributed by atoms with E-state index in [-0.39, 0.29) is 35.7 Å². The molecule has 4 N–H and O–H groups in total. The van der Waals surface area contributed by atoms with Gasteiger partial charge in [-0.15, -0.1) is 0 Å². The van der Waals surface area contributed by atoms with E-state index in [0.717, 1.165) is 94.6 Å². The largest absolute Gasteiger partial charge is 0.448 e. The van der Waals surface area contributed by atoms with Crippen LogP contribution in [-0.4, -0.2) is 113 Å². The molecule has 16 heteroatoms. The molecule has 4 amide bonds. The van der Waals surface area contributed by atoms with Gasteiger partial charge in [0.1, 0.15) is 18.5 Å². The van der Waals surface area contributed by atoms with Crippen molar-refractivity contribution in [3.63, 3.8) is 0 Å². The number of rotatable bonds is 10. The standard InChI is InChI=1S/C44H52N10O6/c45-40(56)39-41(48-37(25-46-39)52-16-1-2-34(27-52)53-22-23-60-44(53)59)47-32-5-3-29(4-6-32)30-13-17-50(18-14-30)26-28-11-19-51(20-12-28)33-7-8-35-31(24-33)15-21-54(43(35)58)36-9-10-38(55)49-42(36)57/h3-8,15,21,24-25,28,30,34,36H,1-2,9-14,16-20,22-23,26-27H2,(H2,45,56)(H,47,48)(H,49,55,57)/t34-,36?/m1/s1. The van der Waals surface area contributed by atoms with Gasteiger partial charge in [-0.3, -0.25) is 24.5 Å². The van der Waals surface area contributed by atoms with Crippen molar-refractivity contribution in [3.05, 3.63) is 82.5 Å². The van der Waals surface area contributed by atoms with Gasteiger partial charge < -0.3 is 40.0 Å². The molecule has 60 heavy (non-hydrogen) atoms. The Morgan fingerprint density at radius 1 is 0.883 bits per heavy atom. The summed E-state index contributed by atoms with van der Waals surface area (Å²) >= 11 is 0. The molecule has 5 saturated heterocycles. The van der Waals surface area contributed by atoms with Gasteiger partial charge in [-0.05, 0) is 117 Å². The number of anilines is 4. The number of aromatic nitrogens is 3. The molecule has 1 unspecified atom stereocenters. The molecule has 2 atom stereocenters. The molecular weight excluding hydrogens is 765 g/mol. The Morgan fingerprint density at radius 2 is 1.68 bits per heavy atom. The molecule has 5 aliphatic rings. The third-order valence-corrected chi connectivity index (χ3v) is 13.1. The van der Waals surface area contributed by atoms with E-state index in [0.29, 0.717) is 55.0 Å². The lowest BCUT2D eigenvalue weighted by Gasteiger charge is -2.38. The third kappa shape index (κ3) is 8.24. The molecule has 0 aliphatic carbocycles. The lowest BCUT2D eigenvalue weighted by atomic mass is 9.88. The van der Waals surface area contributed by atoms with E-state index in [1.807, 2.05) is 30.3 Å². The van der Waals surface area contributed by atoms with Crippen molar-refractivity contribution in [2.24, 2.45) is 11.7 Å². The van der Waals surface area contributed by atoms with Crippen LogP contribution in [0.2, 0.25) is 0 Å². The number of pyridine rings is 1. The van der Waals surface area contributed by atoms with Crippen LogP contribution in [0.5, 0.6) is 0 Å². The molecule has 0 saturated carbocycles. The van der Waals surface area contributed by atoms with E-state index >= 15 is 0 Å². The van der Waals surface area contributed by atoms with Crippen LogP contribution in [0.15, 0.2) is 65.7 Å². The fourth-order valence-electron chi connectivity index (χ4n) is 9.76. The summed E-state index contributed by atoms with van der Waals surface area (Å²) in [6, 6.07) is 15.6. The first kappa shape index (κ1) is 39.4. The molecule has 0 radical (unpaired) electrons. The summed E-state index contributed by atoms with van der Waals surface area (Å²) in [4.78, 5) is 80.0. The molecule has 16 nitrogen and oxygen atoms in total. The van der Waals surface area contributed by atoms with Gasteiger partial charge in [-0.25, -0.2) is 14.8 Å². The van der Waals surface area contributed by atoms with Crippen LogP contribution in [0.4, 0.5) is 27.8 Å². The van der Waals surface area contributed by atoms with E-state index in [4.69, 9.17) is 15.5 Å². The highest BCUT2D eigenvalue weighted by Crippen LogP contribution is 2.33. The maximum atomic E-state index is 13.3. The average molecular weight is 817 g/mol. The Hall–Kier alpha value is -6.03. The predicted molar refractivity (Wildman–Crippen MR) is 227 cm³/mol. The Balaban J connectivity index is 0.756. The second-order valence-electron chi connectivity index (χ2n) is 16.9. The molecule has 314 valence electrons. The Bertz CT molecular complexity index is 2340. The van der Waals surface area contributed by atoms with Crippen LogP contribution in [0.1, 0.15) is 79.4 Å². The minimum Gasteiger partial charge on any atom is -0.448 e. The first-order valence-electron chi connectivity index (χ1n) is 21.3. The number of cyclic esters (lactones) is 1. The number of primary amides is 1. The molecular formula is C44H52N10O6. The van der Waals surface area contributed by atoms with E-state index in [1.54, 1.807) is 17.3 Å². The summed E-state index contributed by atoms with van der Waals surface area (Å²) in [5.41, 5.74) is 8.77. The minimum atomic E-state index is -0.669. The quantitative estimate of drug-likeness (QED) is 0.195. The molecule has 2 aromatic heterocycles. The van der Waals surface area contributed by atoms with Crippen LogP contribution >= 0.6 is 0 Å². The smallest absolute Gasteiger partial charge is 0.410 e. The monoisotopic (exact) mass is 816 g/mol. The molecule has 2 aromatic carbocycles. The van der Waals surface area contributed by atoms with Crippen LogP contribution in [0.25, 0.3) is 10.8 Å². The number of hydrogen-bond acceptors (Lipinski definition) is 12. The number of carbonyl (C=O) groups excluding carboxylic acids is 4. The first-order chi connectivity index (χ1) is 29.2. The number of amides is 4. The van der Waals surface area contributed by atoms with Crippen LogP contribution in [0, 0.1) is 5.92 Å². The van der Waals surface area contributed by atoms with E-state index < -0.39 is 17.9 Å². The van der Waals surface area contributed by atoms with Gasteiger partial charge in [0.25, 0.3) is 11.5 Å². The van der Waals surface area contributed by atoms with Gasteiger partial charge in [-0.2, -0.15) is 0 Å². The molecule has 9 rings (SSSR count). The summed E-state index contributed by atoms with van der Waals surface area (Å²) in [5, 5.41) is 7.07. The van der Waals surface area contributed by atoms with Crippen molar-refractivity contribution < 1.29 is 23.9 Å². The van der Waals surface area contributed by atoms with Crippen molar-refractivity contribution >= 4 is 57.6 Å². The zero-order chi connectivity index (χ0) is 41.3. The number of fused-ring (bicyclic) bond motifs is 1. The number of piperidine rings is 4. The van der Waals surface area contributed by atoms with Crippen molar-refractivity contribution in [3.8, 4) is 0 Å². The Morgan fingerprint density at radius 3 is 2.42 bits per heavy atom. The van der Waals surface area contributed by atoms with Gasteiger partial charge in [0.05, 0.1) is 18.8 Å². The van der Waals surface area contributed by atoms with Crippen molar-refractivity contribution in [2.75, 3.05) is 74.1 Å². The summed E-state index contributed by atoms with van der Waals surface area (Å²) < 4.78 is 6.62. The minimum absolute atomic E-state index is 0.0343. The highest BCUT2D eigenvalue weighted by molar-refractivity contribution is 5.99. The van der Waals surface area contributed by atoms with Gasteiger partial charge in [0, 0.05) is 62.1 Å². The summed E-state index contributed by atoms with van der Waals surface area (Å²) in [6.07, 6.45) is 9.76. The molecule has 4 aromatic rings. The van der Waals surface area contributed by atoms with Crippen molar-refractivity contribution in [2.45, 2.75) is 69.4 Å². The third-order valence-electron chi connectivity index (χ3n) is 13.1. The highest BCUT2D eigenvalue weighted by Gasteiger charge is 2.34. The Kier molecular flexibility index (Phi) is 11.1. The zero-order valence-corrected chi connectivity index (χ0v) is 33.8. The number of likely N-dealkylation sites (tertiary alicyclic amines) is 1. The number of nitrogens with two attached hydrogens (primary N) is 1. The highest BCUT2D eigenvalue weighted by atomic mass is 16.6. The topological polar surface area (TPSA) is 188 Å². The number of imide groups is 1. The second kappa shape index (κ2) is 16.9. The zero-order valence-electron chi connectivity index (χ0n) is 33.8. The molecule has 5 fully saturated rings. The maximum absolute atomic E-state index is 13.3. The van der Waals surface area contributed by atoms with Crippen molar-refractivity contribution in [1.82, 2.24) is 29.7 Å². The van der Waals surface area contributed by atoms with Crippen LogP contribution < -0.4 is 31.7 Å². The lowest BCUT2D eigenvalue weighted by molar-refractivity contribution is -0.135. The van der Waals surface area contributed by atoms with E-state index in [1.165, 1.54) is 10.1 Å². The number of nitrogens with zero attached hydrogens (tertiary/aromatic N) is 7. The molecule has 0 spiro atoms. The van der Waals surface area contributed by atoms with Crippen LogP contribution in [0.3, 0.4) is 0 Å². The second-order valence-corrected chi connectivity index (χ2v) is 16.9. The normalized spacial score (nSPS) is 22.3. The summed E-state index contributed by atoms with van der Waals surface area (Å²) in [7, 11) is 0. The molecule has 7 heterocycles. The number of benzene rings is 2. The summed E-state index contributed by atoms with van der Waals surface area (Å²) in [6.45, 7) is 7.55. The van der Waals surface area contributed by atoms with Gasteiger partial charge >= 0.3 is 6.09 Å². The van der Waals surface area contributed by atoms with Gasteiger partial charge in [-0.1, -0.05) is 12.1 Å². The number of carbonyl (C=O) groups is 4. The average Bonchev–Trinajstić information content (AvgIpc) is 3.70. The number of nitrogens with one attached hydrogen (secondary N) is 2. The van der Waals surface area contributed by atoms with Crippen molar-refractivity contribution in [1.29, 1.82) is 0 Å². The SMILES string of the molecule is NC(=O)c1ncc(N2CCC[C@@H](N3CCOC3=O)C2)nc1Nc1ccc(C2CCN(CC3CCN(c4ccc5c(=O)n(C6CCC(=O)NC6=O)ccc5c4)CC3)CC2)cc1. The molecule has 0 bridgehead atoms. The maximum Gasteiger partial charge on any atom is 0.410 e. The summed E-state index contributed by atoms with van der Waals surface area (Å²) in [5.74, 6) is 0.670. The van der Waals surface area contributed by atoms with E-state index in [2.05, 4.69) is 48.5 Å². The lowest BCUT2D eigenvalue weighted by Crippen LogP contribution is -2.48. The van der Waals surface area contributed by atoms with Gasteiger partial charge in [0.2, 0.25) is 11.8 Å². The Labute approximate surface area is 348 Å². The number of hydrogen-bond donors (Lipinski definition) is 3. The van der Waals surface area contributed by atoms with Gasteiger partial charge in [0.15, 0.2) is 11.5 Å². The first-order valence-corrected chi connectivity index (χ1v) is 21.3. The fraction of sp³-hybridized carbons (Fsp3) is 0.477.